The number of anilines is 2. The first kappa shape index (κ1) is 15.2. The highest BCUT2D eigenvalue weighted by molar-refractivity contribution is 5.74. The molecule has 6 nitrogen and oxygen atoms in total. The van der Waals surface area contributed by atoms with Crippen LogP contribution in [0.2, 0.25) is 0 Å². The molecular formula is C13H22N4O2. The number of carboxylic acid groups (broad SMARTS) is 1. The van der Waals surface area contributed by atoms with E-state index in [0.29, 0.717) is 12.4 Å². The van der Waals surface area contributed by atoms with Crippen molar-refractivity contribution < 1.29 is 9.90 Å². The molecule has 1 rings (SSSR count). The molecule has 1 aromatic heterocycles. The third-order valence-electron chi connectivity index (χ3n) is 2.79. The van der Waals surface area contributed by atoms with Crippen molar-refractivity contribution in [2.24, 2.45) is 5.41 Å². The second-order valence-corrected chi connectivity index (χ2v) is 5.11. The van der Waals surface area contributed by atoms with Gasteiger partial charge in [-0.05, 0) is 20.3 Å². The van der Waals surface area contributed by atoms with Crippen molar-refractivity contribution in [2.75, 3.05) is 23.7 Å². The van der Waals surface area contributed by atoms with Gasteiger partial charge >= 0.3 is 5.97 Å². The Morgan fingerprint density at radius 2 is 1.95 bits per heavy atom. The van der Waals surface area contributed by atoms with Crippen LogP contribution < -0.4 is 10.6 Å². The molecule has 6 heteroatoms. The lowest BCUT2D eigenvalue weighted by Crippen LogP contribution is -2.32. The minimum absolute atomic E-state index is 0.313. The second-order valence-electron chi connectivity index (χ2n) is 5.11. The van der Waals surface area contributed by atoms with Gasteiger partial charge in [0, 0.05) is 19.2 Å². The zero-order valence-electron chi connectivity index (χ0n) is 11.7. The molecule has 0 fully saturated rings. The van der Waals surface area contributed by atoms with Gasteiger partial charge in [0.15, 0.2) is 0 Å². The van der Waals surface area contributed by atoms with Crippen molar-refractivity contribution in [2.45, 2.75) is 33.6 Å². The molecule has 0 aliphatic heterocycles. The Hall–Kier alpha value is -1.85. The van der Waals surface area contributed by atoms with E-state index >= 15 is 0 Å². The van der Waals surface area contributed by atoms with Crippen LogP contribution in [0.4, 0.5) is 11.6 Å². The predicted molar refractivity (Wildman–Crippen MR) is 75.3 cm³/mol. The zero-order chi connectivity index (χ0) is 14.3. The summed E-state index contributed by atoms with van der Waals surface area (Å²) in [6.07, 6.45) is 3.67. The van der Waals surface area contributed by atoms with Gasteiger partial charge in [-0.2, -0.15) is 0 Å². The smallest absolute Gasteiger partial charge is 0.310 e. The number of nitrogens with one attached hydrogen (secondary N) is 2. The number of hydrogen-bond donors (Lipinski definition) is 3. The molecule has 0 radical (unpaired) electrons. The normalized spacial score (nSPS) is 11.1. The highest BCUT2D eigenvalue weighted by Gasteiger charge is 2.26. The average Bonchev–Trinajstić information content (AvgIpc) is 2.37. The summed E-state index contributed by atoms with van der Waals surface area (Å²) in [6.45, 7) is 6.65. The van der Waals surface area contributed by atoms with Gasteiger partial charge in [-0.15, -0.1) is 0 Å². The summed E-state index contributed by atoms with van der Waals surface area (Å²) in [4.78, 5) is 19.2. The fourth-order valence-electron chi connectivity index (χ4n) is 1.33. The van der Waals surface area contributed by atoms with E-state index in [4.69, 9.17) is 5.11 Å². The quantitative estimate of drug-likeness (QED) is 0.625. The second kappa shape index (κ2) is 6.92. The van der Waals surface area contributed by atoms with Crippen LogP contribution in [0.5, 0.6) is 0 Å². The first-order valence-corrected chi connectivity index (χ1v) is 6.49. The molecule has 0 aliphatic rings. The zero-order valence-corrected chi connectivity index (χ0v) is 11.7. The number of aromatic nitrogens is 2. The van der Waals surface area contributed by atoms with Crippen LogP contribution in [0.15, 0.2) is 12.4 Å². The molecule has 0 unspecified atom stereocenters. The number of carbonyl (C=O) groups is 1. The van der Waals surface area contributed by atoms with Gasteiger partial charge in [-0.1, -0.05) is 13.3 Å². The summed E-state index contributed by atoms with van der Waals surface area (Å²) < 4.78 is 0. The van der Waals surface area contributed by atoms with Crippen molar-refractivity contribution in [1.29, 1.82) is 0 Å². The van der Waals surface area contributed by atoms with Crippen LogP contribution in [0.25, 0.3) is 0 Å². The van der Waals surface area contributed by atoms with Crippen LogP contribution >= 0.6 is 0 Å². The third kappa shape index (κ3) is 5.11. The molecule has 0 atom stereocenters. The van der Waals surface area contributed by atoms with E-state index in [9.17, 15) is 4.79 Å². The Balaban J connectivity index is 2.55. The van der Waals surface area contributed by atoms with Crippen LogP contribution in [0, 0.1) is 5.41 Å². The van der Waals surface area contributed by atoms with E-state index < -0.39 is 11.4 Å². The number of aliphatic carboxylic acids is 1. The molecule has 0 amide bonds. The van der Waals surface area contributed by atoms with E-state index in [1.807, 2.05) is 0 Å². The molecule has 0 saturated heterocycles. The SMILES string of the molecule is CCCCNc1cc(NCC(C)(C)C(=O)O)ncn1. The maximum atomic E-state index is 11.0. The van der Waals surface area contributed by atoms with Crippen molar-refractivity contribution in [3.05, 3.63) is 12.4 Å². The average molecular weight is 266 g/mol. The van der Waals surface area contributed by atoms with Crippen LogP contribution in [-0.2, 0) is 4.79 Å². The summed E-state index contributed by atoms with van der Waals surface area (Å²) >= 11 is 0. The molecule has 0 aromatic carbocycles. The van der Waals surface area contributed by atoms with Gasteiger partial charge in [-0.3, -0.25) is 4.79 Å². The molecular weight excluding hydrogens is 244 g/mol. The van der Waals surface area contributed by atoms with Crippen molar-refractivity contribution in [3.63, 3.8) is 0 Å². The predicted octanol–water partition coefficient (Wildman–Crippen LogP) is 2.21. The Morgan fingerprint density at radius 3 is 2.53 bits per heavy atom. The number of hydrogen-bond acceptors (Lipinski definition) is 5. The van der Waals surface area contributed by atoms with E-state index in [-0.39, 0.29) is 0 Å². The number of nitrogens with zero attached hydrogens (tertiary/aromatic N) is 2. The Bertz CT molecular complexity index is 421. The first-order chi connectivity index (χ1) is 8.95. The van der Waals surface area contributed by atoms with Gasteiger partial charge in [0.05, 0.1) is 5.41 Å². The largest absolute Gasteiger partial charge is 0.481 e. The molecule has 0 aliphatic carbocycles. The lowest BCUT2D eigenvalue weighted by atomic mass is 9.94. The summed E-state index contributed by atoms with van der Waals surface area (Å²) in [7, 11) is 0. The van der Waals surface area contributed by atoms with Crippen LogP contribution in [-0.4, -0.2) is 34.1 Å². The summed E-state index contributed by atoms with van der Waals surface area (Å²) in [5.74, 6) is 0.540. The van der Waals surface area contributed by atoms with Crippen molar-refractivity contribution >= 4 is 17.6 Å². The molecule has 3 N–H and O–H groups in total. The topological polar surface area (TPSA) is 87.1 Å². The molecule has 106 valence electrons. The third-order valence-corrected chi connectivity index (χ3v) is 2.79. The van der Waals surface area contributed by atoms with Gasteiger partial charge in [-0.25, -0.2) is 9.97 Å². The van der Waals surface area contributed by atoms with E-state index in [1.54, 1.807) is 19.9 Å². The van der Waals surface area contributed by atoms with Gasteiger partial charge in [0.1, 0.15) is 18.0 Å². The molecule has 0 bridgehead atoms. The molecule has 0 spiro atoms. The van der Waals surface area contributed by atoms with Crippen LogP contribution in [0.3, 0.4) is 0 Å². The lowest BCUT2D eigenvalue weighted by molar-refractivity contribution is -0.146. The van der Waals surface area contributed by atoms with E-state index in [1.165, 1.54) is 6.33 Å². The standard InChI is InChI=1S/C13H22N4O2/c1-4-5-6-14-10-7-11(17-9-16-10)15-8-13(2,3)12(18)19/h7,9H,4-6,8H2,1-3H3,(H,18,19)(H2,14,15,16,17). The Kier molecular flexibility index (Phi) is 5.54. The number of carboxylic acids is 1. The minimum Gasteiger partial charge on any atom is -0.481 e. The fourth-order valence-corrected chi connectivity index (χ4v) is 1.33. The van der Waals surface area contributed by atoms with Crippen molar-refractivity contribution in [3.8, 4) is 0 Å². The summed E-state index contributed by atoms with van der Waals surface area (Å²) in [6, 6.07) is 1.79. The Morgan fingerprint density at radius 1 is 1.32 bits per heavy atom. The molecule has 0 saturated carbocycles. The van der Waals surface area contributed by atoms with Gasteiger partial charge in [0.25, 0.3) is 0 Å². The number of unbranched alkanes of at least 4 members (excludes halogenated alkanes) is 1. The summed E-state index contributed by atoms with van der Waals surface area (Å²) in [5.41, 5.74) is -0.833. The fraction of sp³-hybridized carbons (Fsp3) is 0.615. The highest BCUT2D eigenvalue weighted by atomic mass is 16.4. The molecule has 1 heterocycles. The summed E-state index contributed by atoms with van der Waals surface area (Å²) in [5, 5.41) is 15.3. The molecule has 1 aromatic rings. The van der Waals surface area contributed by atoms with Crippen molar-refractivity contribution in [1.82, 2.24) is 9.97 Å². The lowest BCUT2D eigenvalue weighted by Gasteiger charge is -2.19. The number of rotatable bonds is 8. The van der Waals surface area contributed by atoms with Gasteiger partial charge < -0.3 is 15.7 Å². The maximum Gasteiger partial charge on any atom is 0.310 e. The van der Waals surface area contributed by atoms with Crippen LogP contribution in [0.1, 0.15) is 33.6 Å². The first-order valence-electron chi connectivity index (χ1n) is 6.49. The minimum atomic E-state index is -0.838. The Labute approximate surface area is 113 Å². The maximum absolute atomic E-state index is 11.0. The monoisotopic (exact) mass is 266 g/mol. The highest BCUT2D eigenvalue weighted by Crippen LogP contribution is 2.17. The van der Waals surface area contributed by atoms with E-state index in [0.717, 1.165) is 25.2 Å². The van der Waals surface area contributed by atoms with Gasteiger partial charge in [0.2, 0.25) is 0 Å². The molecule has 19 heavy (non-hydrogen) atoms. The van der Waals surface area contributed by atoms with E-state index in [2.05, 4.69) is 27.5 Å².